The third kappa shape index (κ3) is 7.62. The van der Waals surface area contributed by atoms with E-state index in [4.69, 9.17) is 17.8 Å². The fraction of sp³-hybridized carbons (Fsp3) is 0.324. The van der Waals surface area contributed by atoms with Gasteiger partial charge in [0.05, 0.1) is 0 Å². The molecule has 2 atom stereocenters. The zero-order valence-electron chi connectivity index (χ0n) is 29.9. The van der Waals surface area contributed by atoms with Crippen molar-refractivity contribution in [3.8, 4) is 0 Å². The number of allylic oxidation sites excluding steroid dienone is 1. The summed E-state index contributed by atoms with van der Waals surface area (Å²) in [6, 6.07) is 24.5. The molecule has 1 N–H and O–H groups in total. The summed E-state index contributed by atoms with van der Waals surface area (Å²) in [4.78, 5) is 47.1. The molecule has 0 saturated carbocycles. The first-order chi connectivity index (χ1) is 24.6. The Morgan fingerprint density at radius 1 is 0.962 bits per heavy atom. The number of hydroxylamine groups is 3. The van der Waals surface area contributed by atoms with Crippen LogP contribution < -0.4 is 21.4 Å². The summed E-state index contributed by atoms with van der Waals surface area (Å²) >= 11 is 0. The number of amides is 4. The Labute approximate surface area is 305 Å². The number of fused-ring (bicyclic) bond motifs is 2. The second-order valence-electron chi connectivity index (χ2n) is 13.6. The van der Waals surface area contributed by atoms with Crippen LogP contribution in [-0.4, -0.2) is 91.9 Å². The molecule has 13 nitrogen and oxygen atoms in total. The molecule has 2 aliphatic rings. The van der Waals surface area contributed by atoms with Crippen molar-refractivity contribution < 1.29 is 40.6 Å². The van der Waals surface area contributed by atoms with E-state index in [1.165, 1.54) is 16.8 Å². The van der Waals surface area contributed by atoms with Gasteiger partial charge in [-0.1, -0.05) is 0 Å². The van der Waals surface area contributed by atoms with Crippen LogP contribution in [0.15, 0.2) is 115 Å². The number of carbonyl (C=O) groups excluding carboxylic acids is 3. The third-order valence-electron chi connectivity index (χ3n) is 8.78. The van der Waals surface area contributed by atoms with Gasteiger partial charge in [-0.05, 0) is 20.8 Å². The Morgan fingerprint density at radius 2 is 1.48 bits per heavy atom. The van der Waals surface area contributed by atoms with Crippen LogP contribution in [0.2, 0.25) is 0 Å². The molecular formula is C37H45N4O9PS. The van der Waals surface area contributed by atoms with E-state index in [9.17, 15) is 22.8 Å². The Bertz CT molecular complexity index is 1820. The summed E-state index contributed by atoms with van der Waals surface area (Å²) < 4.78 is 46.2. The van der Waals surface area contributed by atoms with Crippen molar-refractivity contribution in [1.82, 2.24) is 20.3 Å². The van der Waals surface area contributed by atoms with Crippen LogP contribution in [0, 0.1) is 0 Å². The molecule has 1 fully saturated rings. The predicted octanol–water partition coefficient (Wildman–Crippen LogP) is 4.16. The zero-order valence-corrected chi connectivity index (χ0v) is 31.6. The first-order valence-electron chi connectivity index (χ1n) is 16.7. The van der Waals surface area contributed by atoms with Crippen LogP contribution in [0.1, 0.15) is 27.7 Å². The van der Waals surface area contributed by atoms with Crippen molar-refractivity contribution in [2.24, 2.45) is 0 Å². The second kappa shape index (κ2) is 15.2. The first-order valence-corrected chi connectivity index (χ1v) is 20.4. The fourth-order valence-electron chi connectivity index (χ4n) is 6.54. The number of hydrogen-bond acceptors (Lipinski definition) is 9. The Morgan fingerprint density at radius 3 is 1.96 bits per heavy atom. The quantitative estimate of drug-likeness (QED) is 0.111. The summed E-state index contributed by atoms with van der Waals surface area (Å²) in [5.74, 6) is -0.658. The number of hydrogen-bond donors (Lipinski definition) is 1. The summed E-state index contributed by atoms with van der Waals surface area (Å²) in [5, 5.41) is 2.55. The summed E-state index contributed by atoms with van der Waals surface area (Å²) in [7, 11) is -3.49. The number of ether oxygens (including phenoxy) is 1. The van der Waals surface area contributed by atoms with Gasteiger partial charge in [-0.15, -0.1) is 0 Å². The maximum atomic E-state index is 14.4. The number of benzene rings is 3. The topological polar surface area (TPSA) is 144 Å². The molecule has 3 aromatic rings. The van der Waals surface area contributed by atoms with Crippen molar-refractivity contribution in [2.45, 2.75) is 45.4 Å². The van der Waals surface area contributed by atoms with Gasteiger partial charge < -0.3 is 9.64 Å². The average Bonchev–Trinajstić information content (AvgIpc) is 3.34. The fourth-order valence-corrected chi connectivity index (χ4v) is 14.3. The molecule has 0 radical (unpaired) electrons. The molecule has 5 rings (SSSR count). The van der Waals surface area contributed by atoms with E-state index in [-0.39, 0.29) is 25.9 Å². The van der Waals surface area contributed by atoms with Gasteiger partial charge in [0.2, 0.25) is 0 Å². The van der Waals surface area contributed by atoms with Gasteiger partial charge in [0.15, 0.2) is 0 Å². The molecule has 2 heterocycles. The van der Waals surface area contributed by atoms with Gasteiger partial charge in [0.1, 0.15) is 5.60 Å². The van der Waals surface area contributed by atoms with Gasteiger partial charge in [0.25, 0.3) is 0 Å². The maximum absolute atomic E-state index is 14.4. The first kappa shape index (κ1) is 38.6. The van der Waals surface area contributed by atoms with E-state index in [1.54, 1.807) is 39.8 Å². The molecule has 0 spiro atoms. The van der Waals surface area contributed by atoms with Crippen LogP contribution in [-0.2, 0) is 33.0 Å². The Kier molecular flexibility index (Phi) is 11.3. The van der Waals surface area contributed by atoms with Gasteiger partial charge in [-0.3, -0.25) is 0 Å². The standard InChI is InChI=1S/C37H45N4O9PS/c1-7-25-51(30-17-11-8-12-18-30,31-19-13-9-14-20-31,32-21-15-10-16-22-32)50-52(45,46)49-41-29-26-28(2)33(40(27-29)35(41)43)34(42)38-47-24-23-39(6)36(44)48-37(3,4)5/h7-22,26,29,33H,1,23-25,27H2,2-6H3,(H,38,42)/t29-,33+/m1/s1. The second-order valence-corrected chi connectivity index (χ2v) is 19.5. The molecular weight excluding hydrogens is 707 g/mol. The minimum atomic E-state index is -5.03. The predicted molar refractivity (Wildman–Crippen MR) is 200 cm³/mol. The Balaban J connectivity index is 1.39. The van der Waals surface area contributed by atoms with Crippen LogP contribution in [0.25, 0.3) is 0 Å². The van der Waals surface area contributed by atoms with E-state index in [0.29, 0.717) is 21.5 Å². The molecule has 52 heavy (non-hydrogen) atoms. The average molecular weight is 753 g/mol. The normalized spacial score (nSPS) is 18.2. The molecule has 2 aliphatic heterocycles. The number of carbonyl (C=O) groups is 3. The van der Waals surface area contributed by atoms with Crippen LogP contribution in [0.4, 0.5) is 9.59 Å². The SMILES string of the molecule is C=CCP(OS(=O)(=O)ON1C(=O)N2C[C@H]1C=C(C)[C@H]2C(=O)NOCCN(C)C(=O)OC(C)(C)C)(c1ccccc1)(c1ccccc1)c1ccccc1. The van der Waals surface area contributed by atoms with Crippen LogP contribution in [0.3, 0.4) is 0 Å². The number of nitrogens with zero attached hydrogens (tertiary/aromatic N) is 3. The summed E-state index contributed by atoms with van der Waals surface area (Å²) in [6.45, 7) is 6.48. The van der Waals surface area contributed by atoms with Crippen molar-refractivity contribution in [3.63, 3.8) is 0 Å². The van der Waals surface area contributed by atoms with E-state index in [2.05, 4.69) is 12.1 Å². The molecule has 278 valence electrons. The van der Waals surface area contributed by atoms with Crippen molar-refractivity contribution in [2.75, 3.05) is 32.9 Å². The molecule has 0 unspecified atom stereocenters. The zero-order chi connectivity index (χ0) is 37.8. The number of urea groups is 1. The molecule has 0 aliphatic carbocycles. The summed E-state index contributed by atoms with van der Waals surface area (Å²) in [6.07, 6.45) is 2.78. The van der Waals surface area contributed by atoms with E-state index < -0.39 is 52.9 Å². The van der Waals surface area contributed by atoms with Gasteiger partial charge in [-0.25, -0.2) is 4.79 Å². The minimum absolute atomic E-state index is 0.0303. The number of likely N-dealkylation sites (N-methyl/N-ethyl adjacent to an activating group) is 1. The van der Waals surface area contributed by atoms with E-state index in [0.717, 1.165) is 5.06 Å². The molecule has 2 bridgehead atoms. The van der Waals surface area contributed by atoms with Gasteiger partial charge in [-0.2, -0.15) is 0 Å². The van der Waals surface area contributed by atoms with Gasteiger partial charge >= 0.3 is 258 Å². The van der Waals surface area contributed by atoms with Crippen molar-refractivity contribution >= 4 is 51.2 Å². The monoisotopic (exact) mass is 752 g/mol. The van der Waals surface area contributed by atoms with Crippen molar-refractivity contribution in [1.29, 1.82) is 0 Å². The molecule has 15 heteroatoms. The summed E-state index contributed by atoms with van der Waals surface area (Å²) in [5.41, 5.74) is 2.15. The van der Waals surface area contributed by atoms with E-state index >= 15 is 0 Å². The van der Waals surface area contributed by atoms with E-state index in [1.807, 2.05) is 91.0 Å². The molecule has 1 saturated heterocycles. The Hall–Kier alpha value is -4.59. The molecule has 3 aromatic carbocycles. The van der Waals surface area contributed by atoms with Crippen LogP contribution in [0.5, 0.6) is 0 Å². The van der Waals surface area contributed by atoms with Crippen molar-refractivity contribution in [3.05, 3.63) is 115 Å². The molecule has 0 aromatic heterocycles. The van der Waals surface area contributed by atoms with Gasteiger partial charge in [0, 0.05) is 7.05 Å². The van der Waals surface area contributed by atoms with Crippen LogP contribution >= 0.6 is 6.83 Å². The number of nitrogens with one attached hydrogen (secondary N) is 1. The number of rotatable bonds is 14. The molecule has 4 amide bonds. The third-order valence-corrected chi connectivity index (χ3v) is 16.3.